The fourth-order valence-electron chi connectivity index (χ4n) is 7.61. The number of ether oxygens (including phenoxy) is 6. The normalized spacial score (nSPS) is 15.4. The lowest BCUT2D eigenvalue weighted by Gasteiger charge is -2.37. The van der Waals surface area contributed by atoms with Gasteiger partial charge < -0.3 is 58.7 Å². The van der Waals surface area contributed by atoms with Gasteiger partial charge in [-0.05, 0) is 91.4 Å². The van der Waals surface area contributed by atoms with Gasteiger partial charge in [-0.3, -0.25) is 24.0 Å². The maximum atomic E-state index is 13.3. The van der Waals surface area contributed by atoms with Gasteiger partial charge in [0.2, 0.25) is 11.7 Å². The Morgan fingerprint density at radius 3 is 2.29 bits per heavy atom. The van der Waals surface area contributed by atoms with E-state index < -0.39 is 60.6 Å². The highest BCUT2D eigenvalue weighted by Crippen LogP contribution is 2.37. The maximum Gasteiger partial charge on any atom is 0.347 e. The van der Waals surface area contributed by atoms with Gasteiger partial charge in [-0.25, -0.2) is 9.59 Å². The van der Waals surface area contributed by atoms with Gasteiger partial charge in [0.15, 0.2) is 18.3 Å². The summed E-state index contributed by atoms with van der Waals surface area (Å²) in [7, 11) is 0. The van der Waals surface area contributed by atoms with E-state index in [0.29, 0.717) is 72.4 Å². The quantitative estimate of drug-likeness (QED) is 0.0555. The number of rotatable bonds is 22. The molecule has 21 nitrogen and oxygen atoms in total. The number of carbonyl (C=O) groups is 7. The zero-order valence-corrected chi connectivity index (χ0v) is 41.8. The van der Waals surface area contributed by atoms with Crippen molar-refractivity contribution in [3.8, 4) is 11.6 Å². The summed E-state index contributed by atoms with van der Waals surface area (Å²) >= 11 is 0.960. The number of nitrogens with one attached hydrogen (secondary N) is 3. The molecule has 3 aromatic rings. The molecule has 1 saturated heterocycles. The molecule has 0 spiro atoms. The Kier molecular flexibility index (Phi) is 18.8. The van der Waals surface area contributed by atoms with Crippen LogP contribution in [-0.4, -0.2) is 155 Å². The van der Waals surface area contributed by atoms with E-state index in [9.17, 15) is 33.6 Å². The number of aromatic amines is 1. The lowest BCUT2D eigenvalue weighted by atomic mass is 10.0. The Hall–Kier alpha value is -6.39. The summed E-state index contributed by atoms with van der Waals surface area (Å²) in [5.41, 5.74) is 2.97. The number of anilines is 2. The van der Waals surface area contributed by atoms with E-state index >= 15 is 0 Å². The molecule has 22 heteroatoms. The molecule has 376 valence electrons. The molecule has 3 N–H and O–H groups in total. The van der Waals surface area contributed by atoms with Crippen LogP contribution in [-0.2, 0) is 47.7 Å². The fourth-order valence-corrected chi connectivity index (χ4v) is 8.13. The molecular weight excluding hydrogens is 917 g/mol. The number of benzene rings is 1. The summed E-state index contributed by atoms with van der Waals surface area (Å²) in [6.45, 7) is 22.0. The van der Waals surface area contributed by atoms with Gasteiger partial charge in [0.1, 0.15) is 12.4 Å². The molecule has 1 aromatic carbocycles. The van der Waals surface area contributed by atoms with Crippen LogP contribution in [0.4, 0.5) is 11.5 Å². The number of esters is 4. The zero-order valence-electron chi connectivity index (χ0n) is 41.0. The zero-order chi connectivity index (χ0) is 50.6. The van der Waals surface area contributed by atoms with E-state index in [0.717, 1.165) is 31.4 Å². The molecule has 2 aliphatic heterocycles. The summed E-state index contributed by atoms with van der Waals surface area (Å²) < 4.78 is 41.8. The third kappa shape index (κ3) is 14.6. The average molecular weight is 981 g/mol. The molecule has 0 saturated carbocycles. The first-order chi connectivity index (χ1) is 32.7. The molecule has 4 heterocycles. The van der Waals surface area contributed by atoms with Crippen LogP contribution >= 0.6 is 11.7 Å². The minimum absolute atomic E-state index is 0.0533. The van der Waals surface area contributed by atoms with Crippen LogP contribution < -0.4 is 25.0 Å². The van der Waals surface area contributed by atoms with Gasteiger partial charge in [0.05, 0.1) is 55.5 Å². The molecule has 3 amide bonds. The van der Waals surface area contributed by atoms with E-state index in [-0.39, 0.29) is 48.1 Å². The third-order valence-electron chi connectivity index (χ3n) is 11.4. The van der Waals surface area contributed by atoms with Crippen LogP contribution in [0.3, 0.4) is 0 Å². The molecule has 5 rings (SSSR count). The Morgan fingerprint density at radius 2 is 1.62 bits per heavy atom. The number of likely N-dealkylation sites (N-methyl/N-ethyl adjacent to an activating group) is 1. The van der Waals surface area contributed by atoms with Crippen molar-refractivity contribution in [3.05, 3.63) is 46.3 Å². The van der Waals surface area contributed by atoms with E-state index in [1.165, 1.54) is 37.8 Å². The minimum atomic E-state index is -1.46. The average Bonchev–Trinajstić information content (AvgIpc) is 3.98. The summed E-state index contributed by atoms with van der Waals surface area (Å²) in [5.74, 6) is -3.70. The Labute approximate surface area is 405 Å². The summed E-state index contributed by atoms with van der Waals surface area (Å²) in [6, 6.07) is 4.60. The molecule has 0 aliphatic carbocycles. The highest BCUT2D eigenvalue weighted by molar-refractivity contribution is 6.99. The predicted octanol–water partition coefficient (Wildman–Crippen LogP) is 4.07. The summed E-state index contributed by atoms with van der Waals surface area (Å²) in [4.78, 5) is 99.7. The van der Waals surface area contributed by atoms with Crippen LogP contribution in [0.5, 0.6) is 11.6 Å². The number of morpholine rings is 1. The summed E-state index contributed by atoms with van der Waals surface area (Å²) in [5, 5.41) is 5.77. The summed E-state index contributed by atoms with van der Waals surface area (Å²) in [6.07, 6.45) is -3.17. The van der Waals surface area contributed by atoms with E-state index in [1.807, 2.05) is 25.7 Å². The van der Waals surface area contributed by atoms with Gasteiger partial charge in [-0.15, -0.1) is 4.37 Å². The van der Waals surface area contributed by atoms with Gasteiger partial charge in [-0.2, -0.15) is 4.37 Å². The van der Waals surface area contributed by atoms with Crippen molar-refractivity contribution in [3.63, 3.8) is 0 Å². The molecule has 2 aliphatic rings. The third-order valence-corrected chi connectivity index (χ3v) is 11.9. The van der Waals surface area contributed by atoms with Crippen LogP contribution in [0, 0.1) is 13.8 Å². The largest absolute Gasteiger partial charge is 0.470 e. The number of amides is 3. The first-order valence-electron chi connectivity index (χ1n) is 22.9. The smallest absolute Gasteiger partial charge is 0.347 e. The molecule has 2 aromatic heterocycles. The van der Waals surface area contributed by atoms with Crippen molar-refractivity contribution in [2.75, 3.05) is 75.9 Å². The highest BCUT2D eigenvalue weighted by Gasteiger charge is 2.33. The Bertz CT molecular complexity index is 2380. The van der Waals surface area contributed by atoms with Crippen molar-refractivity contribution in [1.29, 1.82) is 0 Å². The number of hydrogen-bond acceptors (Lipinski definition) is 18. The minimum Gasteiger partial charge on any atom is -0.470 e. The van der Waals surface area contributed by atoms with Gasteiger partial charge >= 0.3 is 23.9 Å². The number of nitrogens with zero attached hydrogens (tertiary/aromatic N) is 5. The van der Waals surface area contributed by atoms with E-state index in [1.54, 1.807) is 26.0 Å². The number of H-pyrrole nitrogens is 1. The second kappa shape index (κ2) is 24.2. The molecule has 0 radical (unpaired) electrons. The predicted molar refractivity (Wildman–Crippen MR) is 255 cm³/mol. The van der Waals surface area contributed by atoms with Gasteiger partial charge in [0.25, 0.3) is 17.7 Å². The Balaban J connectivity index is 1.12. The second-order valence-corrected chi connectivity index (χ2v) is 18.0. The number of hydrogen-bond donors (Lipinski definition) is 3. The van der Waals surface area contributed by atoms with Crippen molar-refractivity contribution in [2.24, 2.45) is 0 Å². The number of carbonyl (C=O) groups excluding carboxylic acids is 7. The number of aromatic nitrogens is 3. The van der Waals surface area contributed by atoms with E-state index in [4.69, 9.17) is 28.4 Å². The van der Waals surface area contributed by atoms with Crippen LogP contribution in [0.25, 0.3) is 11.6 Å². The molecule has 69 heavy (non-hydrogen) atoms. The first kappa shape index (κ1) is 53.6. The number of fused-ring (bicyclic) bond motifs is 1. The van der Waals surface area contributed by atoms with Crippen molar-refractivity contribution < 1.29 is 62.0 Å². The SMILES string of the molecule is CCN(CC)CCNC(=O)c1c(C)[nH]c(/C=C2\C(=O)Nc3ccc(OC(=O)CCC(=O)O[C@@H](C)C(=O)O[C@@H](C)C(=O)O[C@H](COc4nsnc4N4CCOCC4)CN(C(C)=O)C(C)(C)C)cc32)c1C. The molecular formula is C47H64N8O13S. The van der Waals surface area contributed by atoms with Crippen molar-refractivity contribution in [1.82, 2.24) is 28.8 Å². The Morgan fingerprint density at radius 1 is 0.957 bits per heavy atom. The lowest BCUT2D eigenvalue weighted by molar-refractivity contribution is -0.180. The van der Waals surface area contributed by atoms with Crippen molar-refractivity contribution in [2.45, 2.75) is 106 Å². The molecule has 1 fully saturated rings. The second-order valence-electron chi connectivity index (χ2n) is 17.5. The van der Waals surface area contributed by atoms with Gasteiger partial charge in [-0.1, -0.05) is 13.8 Å². The number of aryl methyl sites for hydroxylation is 1. The van der Waals surface area contributed by atoms with Crippen molar-refractivity contribution >= 4 is 76.5 Å². The van der Waals surface area contributed by atoms with Crippen LogP contribution in [0.15, 0.2) is 18.2 Å². The van der Waals surface area contributed by atoms with Crippen LogP contribution in [0.2, 0.25) is 0 Å². The topological polar surface area (TPSA) is 250 Å². The fraction of sp³-hybridized carbons (Fsp3) is 0.553. The lowest BCUT2D eigenvalue weighted by Crippen LogP contribution is -2.50. The molecule has 0 unspecified atom stereocenters. The maximum absolute atomic E-state index is 13.3. The molecule has 3 atom stereocenters. The monoisotopic (exact) mass is 980 g/mol. The molecule has 0 bridgehead atoms. The van der Waals surface area contributed by atoms with Gasteiger partial charge in [0, 0.05) is 61.3 Å². The standard InChI is InChI=1S/C47H64N8O13S/c1-11-53(12-2)18-17-48-43(60)40-27(3)37(49-28(40)4)24-35-34-23-32(13-14-36(34)50-42(35)59)67-39(58)16-15-38(57)65-29(5)45(61)66-30(6)46(62)68-33(25-55(31(7)56)47(8,9)10)26-64-44-41(51-69-52-44)54-19-21-63-22-20-54/h13-14,23-24,29-30,33,49H,11-12,15-22,25-26H2,1-10H3,(H,48,60)(H,50,59)/b35-24-/t29-,30-,33-/m0/s1. The highest BCUT2D eigenvalue weighted by atomic mass is 32.1. The first-order valence-corrected chi connectivity index (χ1v) is 23.7. The van der Waals surface area contributed by atoms with E-state index in [2.05, 4.69) is 43.1 Å². The van der Waals surface area contributed by atoms with Crippen LogP contribution in [0.1, 0.15) is 101 Å².